The van der Waals surface area contributed by atoms with Gasteiger partial charge in [-0.25, -0.2) is 15.0 Å². The third kappa shape index (κ3) is 3.75. The van der Waals surface area contributed by atoms with Gasteiger partial charge in [0, 0.05) is 18.7 Å². The second-order valence-corrected chi connectivity index (χ2v) is 8.52. The van der Waals surface area contributed by atoms with Crippen molar-refractivity contribution in [1.29, 1.82) is 0 Å². The maximum absolute atomic E-state index is 13.3. The van der Waals surface area contributed by atoms with Crippen LogP contribution in [-0.2, 0) is 17.7 Å². The molecule has 1 unspecified atom stereocenters. The monoisotopic (exact) mass is 433 g/mol. The van der Waals surface area contributed by atoms with Gasteiger partial charge in [0.05, 0.1) is 36.7 Å². The SMILES string of the molecule is CC1(C)Cc2cccc(C(=O)NC3COCCn4c3nc(-c3ccncn3)cc4=O)c2O1. The number of nitrogens with one attached hydrogen (secondary N) is 1. The van der Waals surface area contributed by atoms with Gasteiger partial charge >= 0.3 is 0 Å². The highest BCUT2D eigenvalue weighted by Crippen LogP contribution is 2.37. The van der Waals surface area contributed by atoms with Crippen LogP contribution in [0.5, 0.6) is 5.75 Å². The summed E-state index contributed by atoms with van der Waals surface area (Å²) in [5.74, 6) is 0.735. The summed E-state index contributed by atoms with van der Waals surface area (Å²) >= 11 is 0. The molecule has 2 aliphatic heterocycles. The van der Waals surface area contributed by atoms with E-state index in [0.717, 1.165) is 12.0 Å². The molecule has 0 saturated carbocycles. The topological polar surface area (TPSA) is 108 Å². The van der Waals surface area contributed by atoms with Crippen molar-refractivity contribution in [2.75, 3.05) is 13.2 Å². The summed E-state index contributed by atoms with van der Waals surface area (Å²) in [6.07, 6.45) is 3.73. The summed E-state index contributed by atoms with van der Waals surface area (Å²) in [7, 11) is 0. The maximum atomic E-state index is 13.3. The highest BCUT2D eigenvalue weighted by atomic mass is 16.5. The van der Waals surface area contributed by atoms with Crippen LogP contribution in [0, 0.1) is 0 Å². The van der Waals surface area contributed by atoms with Crippen LogP contribution in [0.4, 0.5) is 0 Å². The fourth-order valence-corrected chi connectivity index (χ4v) is 4.16. The van der Waals surface area contributed by atoms with Crippen molar-refractivity contribution in [3.63, 3.8) is 0 Å². The molecule has 0 bridgehead atoms. The number of rotatable bonds is 3. The highest BCUT2D eigenvalue weighted by Gasteiger charge is 2.34. The van der Waals surface area contributed by atoms with Crippen LogP contribution in [0.1, 0.15) is 41.6 Å². The lowest BCUT2D eigenvalue weighted by atomic mass is 10.0. The molecule has 5 rings (SSSR count). The predicted octanol–water partition coefficient (Wildman–Crippen LogP) is 1.92. The van der Waals surface area contributed by atoms with Gasteiger partial charge in [0.15, 0.2) is 0 Å². The number of fused-ring (bicyclic) bond motifs is 2. The zero-order valence-corrected chi connectivity index (χ0v) is 17.9. The Morgan fingerprint density at radius 1 is 1.25 bits per heavy atom. The molecule has 4 heterocycles. The number of hydrogen-bond acceptors (Lipinski definition) is 7. The van der Waals surface area contributed by atoms with Gasteiger partial charge in [0.1, 0.15) is 29.5 Å². The summed E-state index contributed by atoms with van der Waals surface area (Å²) in [5, 5.41) is 3.00. The molecule has 0 fully saturated rings. The van der Waals surface area contributed by atoms with Gasteiger partial charge in [-0.2, -0.15) is 0 Å². The average Bonchev–Trinajstić information content (AvgIpc) is 2.96. The third-order valence-electron chi connectivity index (χ3n) is 5.58. The molecule has 1 N–H and O–H groups in total. The minimum absolute atomic E-state index is 0.201. The minimum atomic E-state index is -0.607. The number of ether oxygens (including phenoxy) is 2. The van der Waals surface area contributed by atoms with Crippen molar-refractivity contribution < 1.29 is 14.3 Å². The molecular formula is C23H23N5O4. The largest absolute Gasteiger partial charge is 0.486 e. The Morgan fingerprint density at radius 2 is 2.12 bits per heavy atom. The smallest absolute Gasteiger partial charge is 0.255 e. The van der Waals surface area contributed by atoms with Crippen LogP contribution < -0.4 is 15.6 Å². The van der Waals surface area contributed by atoms with Crippen molar-refractivity contribution in [3.8, 4) is 17.1 Å². The molecule has 1 aromatic carbocycles. The molecule has 0 saturated heterocycles. The number of nitrogens with zero attached hydrogens (tertiary/aromatic N) is 4. The summed E-state index contributed by atoms with van der Waals surface area (Å²) < 4.78 is 13.3. The van der Waals surface area contributed by atoms with Crippen LogP contribution in [0.3, 0.4) is 0 Å². The number of amides is 1. The summed E-state index contributed by atoms with van der Waals surface area (Å²) in [6, 6.07) is 8.09. The van der Waals surface area contributed by atoms with Gasteiger partial charge in [-0.15, -0.1) is 0 Å². The number of aromatic nitrogens is 4. The Balaban J connectivity index is 1.50. The van der Waals surface area contributed by atoms with Gasteiger partial charge < -0.3 is 14.8 Å². The van der Waals surface area contributed by atoms with Crippen LogP contribution in [0.15, 0.2) is 47.7 Å². The van der Waals surface area contributed by atoms with Crippen LogP contribution >= 0.6 is 0 Å². The molecule has 2 aliphatic rings. The van der Waals surface area contributed by atoms with Crippen molar-refractivity contribution in [1.82, 2.24) is 24.8 Å². The Hall–Kier alpha value is -3.59. The van der Waals surface area contributed by atoms with Gasteiger partial charge in [0.2, 0.25) is 0 Å². The molecule has 0 radical (unpaired) electrons. The Bertz CT molecular complexity index is 1240. The quantitative estimate of drug-likeness (QED) is 0.672. The molecule has 0 spiro atoms. The molecule has 1 atom stereocenters. The molecule has 32 heavy (non-hydrogen) atoms. The number of para-hydroxylation sites is 1. The van der Waals surface area contributed by atoms with Gasteiger partial charge in [-0.05, 0) is 31.5 Å². The zero-order valence-electron chi connectivity index (χ0n) is 17.9. The first-order valence-corrected chi connectivity index (χ1v) is 10.5. The zero-order chi connectivity index (χ0) is 22.3. The lowest BCUT2D eigenvalue weighted by Gasteiger charge is -2.21. The number of carbonyl (C=O) groups is 1. The standard InChI is InChI=1S/C23H23N5O4/c1-23(2)11-14-4-3-5-15(20(14)32-23)22(30)27-18-12-31-9-8-28-19(29)10-17(26-21(18)28)16-6-7-24-13-25-16/h3-7,10,13,18H,8-9,11-12H2,1-2H3,(H,27,30). The van der Waals surface area contributed by atoms with Gasteiger partial charge in [-0.1, -0.05) is 12.1 Å². The lowest BCUT2D eigenvalue weighted by Crippen LogP contribution is -2.36. The van der Waals surface area contributed by atoms with E-state index in [1.54, 1.807) is 18.3 Å². The van der Waals surface area contributed by atoms with E-state index in [1.807, 2.05) is 26.0 Å². The van der Waals surface area contributed by atoms with E-state index in [1.165, 1.54) is 17.0 Å². The summed E-state index contributed by atoms with van der Waals surface area (Å²) in [5.41, 5.74) is 1.83. The summed E-state index contributed by atoms with van der Waals surface area (Å²) in [6.45, 7) is 4.90. The van der Waals surface area contributed by atoms with E-state index >= 15 is 0 Å². The van der Waals surface area contributed by atoms with E-state index < -0.39 is 6.04 Å². The van der Waals surface area contributed by atoms with Crippen molar-refractivity contribution in [3.05, 3.63) is 70.2 Å². The molecule has 164 valence electrons. The Labute approximate surface area is 184 Å². The second kappa shape index (κ2) is 7.83. The van der Waals surface area contributed by atoms with Crippen LogP contribution in [-0.4, -0.2) is 44.2 Å². The Kier molecular flexibility index (Phi) is 4.97. The normalized spacial score (nSPS) is 18.8. The molecule has 9 heteroatoms. The maximum Gasteiger partial charge on any atom is 0.255 e. The average molecular weight is 433 g/mol. The minimum Gasteiger partial charge on any atom is -0.486 e. The first kappa shape index (κ1) is 20.3. The van der Waals surface area contributed by atoms with Crippen molar-refractivity contribution >= 4 is 5.91 Å². The highest BCUT2D eigenvalue weighted by molar-refractivity contribution is 5.97. The van der Waals surface area contributed by atoms with E-state index in [9.17, 15) is 9.59 Å². The number of hydrogen-bond donors (Lipinski definition) is 1. The van der Waals surface area contributed by atoms with E-state index in [2.05, 4.69) is 20.3 Å². The molecular weight excluding hydrogens is 410 g/mol. The molecule has 3 aromatic rings. The van der Waals surface area contributed by atoms with E-state index in [4.69, 9.17) is 9.47 Å². The van der Waals surface area contributed by atoms with Crippen LogP contribution in [0.2, 0.25) is 0 Å². The molecule has 9 nitrogen and oxygen atoms in total. The summed E-state index contributed by atoms with van der Waals surface area (Å²) in [4.78, 5) is 38.9. The molecule has 1 amide bonds. The molecule has 2 aromatic heterocycles. The first-order chi connectivity index (χ1) is 15.4. The predicted molar refractivity (Wildman–Crippen MR) is 115 cm³/mol. The van der Waals surface area contributed by atoms with Crippen molar-refractivity contribution in [2.45, 2.75) is 38.5 Å². The first-order valence-electron chi connectivity index (χ1n) is 10.5. The second-order valence-electron chi connectivity index (χ2n) is 8.52. The van der Waals surface area contributed by atoms with Gasteiger partial charge in [0.25, 0.3) is 11.5 Å². The van der Waals surface area contributed by atoms with Crippen LogP contribution in [0.25, 0.3) is 11.4 Å². The van der Waals surface area contributed by atoms with E-state index in [0.29, 0.717) is 41.7 Å². The number of benzene rings is 1. The fraction of sp³-hybridized carbons (Fsp3) is 0.348. The third-order valence-corrected chi connectivity index (χ3v) is 5.58. The fourth-order valence-electron chi connectivity index (χ4n) is 4.16. The van der Waals surface area contributed by atoms with E-state index in [-0.39, 0.29) is 23.7 Å². The molecule has 0 aliphatic carbocycles. The van der Waals surface area contributed by atoms with Crippen molar-refractivity contribution in [2.24, 2.45) is 0 Å². The Morgan fingerprint density at radius 3 is 2.94 bits per heavy atom. The lowest BCUT2D eigenvalue weighted by molar-refractivity contribution is 0.0845. The number of carbonyl (C=O) groups excluding carboxylic acids is 1. The van der Waals surface area contributed by atoms with Gasteiger partial charge in [-0.3, -0.25) is 14.2 Å².